The zero-order valence-electron chi connectivity index (χ0n) is 16.8. The van der Waals surface area contributed by atoms with Crippen LogP contribution in [0.4, 0.5) is 17.1 Å². The minimum atomic E-state index is -3.89. The van der Waals surface area contributed by atoms with Crippen LogP contribution in [0.1, 0.15) is 46.0 Å². The van der Waals surface area contributed by atoms with Gasteiger partial charge in [0.25, 0.3) is 10.0 Å². The molecule has 2 rings (SSSR count). The molecule has 158 valence electrons. The highest BCUT2D eigenvalue weighted by Crippen LogP contribution is 2.28. The van der Waals surface area contributed by atoms with Crippen LogP contribution in [0.3, 0.4) is 0 Å². The van der Waals surface area contributed by atoms with Crippen LogP contribution in [0.25, 0.3) is 0 Å². The highest BCUT2D eigenvalue weighted by molar-refractivity contribution is 7.92. The SMILES string of the molecule is CCCCC[C@H](C)CC(=O)Nc1ccc(S(=O)(=O)Nc2ccc(N)cc2O)cc1. The van der Waals surface area contributed by atoms with Gasteiger partial charge in [0.2, 0.25) is 5.91 Å². The van der Waals surface area contributed by atoms with Crippen LogP contribution >= 0.6 is 0 Å². The van der Waals surface area contributed by atoms with Crippen molar-refractivity contribution in [3.05, 3.63) is 42.5 Å². The van der Waals surface area contributed by atoms with E-state index in [0.717, 1.165) is 19.3 Å². The third kappa shape index (κ3) is 6.98. The minimum Gasteiger partial charge on any atom is -0.506 e. The summed E-state index contributed by atoms with van der Waals surface area (Å²) in [5.74, 6) is -0.0435. The smallest absolute Gasteiger partial charge is 0.262 e. The second kappa shape index (κ2) is 10.2. The van der Waals surface area contributed by atoms with Crippen molar-refractivity contribution in [2.45, 2.75) is 50.8 Å². The number of nitrogen functional groups attached to an aromatic ring is 1. The number of hydrogen-bond acceptors (Lipinski definition) is 5. The maximum absolute atomic E-state index is 12.5. The number of aromatic hydroxyl groups is 1. The summed E-state index contributed by atoms with van der Waals surface area (Å²) in [5, 5.41) is 12.6. The standard InChI is InChI=1S/C21H29N3O4S/c1-3-4-5-6-15(2)13-21(26)23-17-8-10-18(11-9-17)29(27,28)24-19-12-7-16(22)14-20(19)25/h7-12,14-15,24-25H,3-6,13,22H2,1-2H3,(H,23,26)/t15-/m0/s1. The predicted octanol–water partition coefficient (Wildman–Crippen LogP) is 4.32. The first-order valence-electron chi connectivity index (χ1n) is 9.72. The fraction of sp³-hybridized carbons (Fsp3) is 0.381. The van der Waals surface area contributed by atoms with Crippen molar-refractivity contribution in [1.82, 2.24) is 0 Å². The largest absolute Gasteiger partial charge is 0.506 e. The lowest BCUT2D eigenvalue weighted by molar-refractivity contribution is -0.117. The van der Waals surface area contributed by atoms with E-state index in [4.69, 9.17) is 5.73 Å². The first-order chi connectivity index (χ1) is 13.7. The lowest BCUT2D eigenvalue weighted by Crippen LogP contribution is -2.16. The number of rotatable bonds is 10. The molecule has 0 saturated heterocycles. The van der Waals surface area contributed by atoms with Crippen LogP contribution in [-0.4, -0.2) is 19.4 Å². The Balaban J connectivity index is 1.97. The molecule has 0 aliphatic heterocycles. The monoisotopic (exact) mass is 419 g/mol. The average molecular weight is 420 g/mol. The number of anilines is 3. The number of phenols is 1. The topological polar surface area (TPSA) is 122 Å². The Hall–Kier alpha value is -2.74. The lowest BCUT2D eigenvalue weighted by atomic mass is 9.99. The highest BCUT2D eigenvalue weighted by Gasteiger charge is 2.16. The number of carbonyl (C=O) groups is 1. The molecule has 0 bridgehead atoms. The number of benzene rings is 2. The van der Waals surface area contributed by atoms with Crippen molar-refractivity contribution in [2.75, 3.05) is 15.8 Å². The summed E-state index contributed by atoms with van der Waals surface area (Å²) in [6.45, 7) is 4.21. The second-order valence-corrected chi connectivity index (χ2v) is 8.94. The van der Waals surface area contributed by atoms with Crippen LogP contribution < -0.4 is 15.8 Å². The molecule has 7 nitrogen and oxygen atoms in total. The zero-order chi connectivity index (χ0) is 21.4. The molecule has 2 aromatic rings. The summed E-state index contributed by atoms with van der Waals surface area (Å²) in [7, 11) is -3.89. The molecule has 0 spiro atoms. The number of nitrogens with one attached hydrogen (secondary N) is 2. The fourth-order valence-corrected chi connectivity index (χ4v) is 4.00. The van der Waals surface area contributed by atoms with E-state index in [2.05, 4.69) is 23.9 Å². The molecule has 0 fully saturated rings. The molecule has 5 N–H and O–H groups in total. The Labute approximate surface area is 172 Å². The van der Waals surface area contributed by atoms with Crippen molar-refractivity contribution < 1.29 is 18.3 Å². The Bertz CT molecular complexity index is 927. The van der Waals surface area contributed by atoms with Crippen molar-refractivity contribution in [2.24, 2.45) is 5.92 Å². The molecule has 0 radical (unpaired) electrons. The molecule has 0 aliphatic carbocycles. The third-order valence-electron chi connectivity index (χ3n) is 4.55. The van der Waals surface area contributed by atoms with Crippen molar-refractivity contribution in [3.8, 4) is 5.75 Å². The van der Waals surface area contributed by atoms with Crippen molar-refractivity contribution in [3.63, 3.8) is 0 Å². The minimum absolute atomic E-state index is 0.0136. The van der Waals surface area contributed by atoms with E-state index in [-0.39, 0.29) is 22.2 Å². The summed E-state index contributed by atoms with van der Waals surface area (Å²) in [6.07, 6.45) is 4.89. The van der Waals surface area contributed by atoms with E-state index in [1.54, 1.807) is 0 Å². The quantitative estimate of drug-likeness (QED) is 0.260. The summed E-state index contributed by atoms with van der Waals surface area (Å²) in [5.41, 5.74) is 6.44. The number of carbonyl (C=O) groups excluding carboxylic acids is 1. The van der Waals surface area contributed by atoms with Gasteiger partial charge in [0, 0.05) is 23.9 Å². The number of phenolic OH excluding ortho intramolecular Hbond substituents is 1. The van der Waals surface area contributed by atoms with Gasteiger partial charge >= 0.3 is 0 Å². The normalized spacial score (nSPS) is 12.3. The molecule has 1 atom stereocenters. The van der Waals surface area contributed by atoms with Crippen LogP contribution in [0.2, 0.25) is 0 Å². The molecule has 0 aliphatic rings. The van der Waals surface area contributed by atoms with Gasteiger partial charge in [0.1, 0.15) is 5.75 Å². The molecule has 29 heavy (non-hydrogen) atoms. The van der Waals surface area contributed by atoms with E-state index in [1.165, 1.54) is 48.9 Å². The molecule has 0 unspecified atom stereocenters. The Kier molecular flexibility index (Phi) is 7.90. The predicted molar refractivity (Wildman–Crippen MR) is 116 cm³/mol. The summed E-state index contributed by atoms with van der Waals surface area (Å²) in [4.78, 5) is 12.2. The van der Waals surface area contributed by atoms with Gasteiger partial charge < -0.3 is 16.2 Å². The van der Waals surface area contributed by atoms with Gasteiger partial charge in [-0.3, -0.25) is 9.52 Å². The Morgan fingerprint density at radius 2 is 1.83 bits per heavy atom. The molecular weight excluding hydrogens is 390 g/mol. The lowest BCUT2D eigenvalue weighted by Gasteiger charge is -2.12. The Morgan fingerprint density at radius 3 is 2.45 bits per heavy atom. The van der Waals surface area contributed by atoms with Gasteiger partial charge in [-0.15, -0.1) is 0 Å². The number of sulfonamides is 1. The first-order valence-corrected chi connectivity index (χ1v) is 11.2. The summed E-state index contributed by atoms with van der Waals surface area (Å²) in [6, 6.07) is 10.0. The summed E-state index contributed by atoms with van der Waals surface area (Å²) < 4.78 is 27.3. The van der Waals surface area contributed by atoms with Gasteiger partial charge in [-0.05, 0) is 42.3 Å². The van der Waals surface area contributed by atoms with E-state index < -0.39 is 10.0 Å². The number of nitrogens with two attached hydrogens (primary N) is 1. The molecule has 2 aromatic carbocycles. The Morgan fingerprint density at radius 1 is 1.14 bits per heavy atom. The van der Waals surface area contributed by atoms with Crippen LogP contribution in [0.15, 0.2) is 47.4 Å². The van der Waals surface area contributed by atoms with Gasteiger partial charge in [-0.2, -0.15) is 0 Å². The summed E-state index contributed by atoms with van der Waals surface area (Å²) >= 11 is 0. The molecule has 0 heterocycles. The molecule has 0 saturated carbocycles. The second-order valence-electron chi connectivity index (χ2n) is 7.26. The average Bonchev–Trinajstić information content (AvgIpc) is 2.64. The van der Waals surface area contributed by atoms with Gasteiger partial charge in [0.05, 0.1) is 10.6 Å². The van der Waals surface area contributed by atoms with Crippen LogP contribution in [0.5, 0.6) is 5.75 Å². The molecule has 1 amide bonds. The number of unbranched alkanes of at least 4 members (excludes halogenated alkanes) is 2. The number of amides is 1. The van der Waals surface area contributed by atoms with E-state index in [9.17, 15) is 18.3 Å². The number of hydrogen-bond donors (Lipinski definition) is 4. The van der Waals surface area contributed by atoms with Crippen molar-refractivity contribution >= 4 is 33.0 Å². The third-order valence-corrected chi connectivity index (χ3v) is 5.93. The maximum Gasteiger partial charge on any atom is 0.262 e. The highest BCUT2D eigenvalue weighted by atomic mass is 32.2. The molecule has 8 heteroatoms. The van der Waals surface area contributed by atoms with Crippen LogP contribution in [-0.2, 0) is 14.8 Å². The first kappa shape index (κ1) is 22.5. The van der Waals surface area contributed by atoms with E-state index in [1.807, 2.05) is 0 Å². The molecule has 0 aromatic heterocycles. The van der Waals surface area contributed by atoms with E-state index >= 15 is 0 Å². The van der Waals surface area contributed by atoms with E-state index in [0.29, 0.717) is 23.7 Å². The van der Waals surface area contributed by atoms with Crippen molar-refractivity contribution in [1.29, 1.82) is 0 Å². The van der Waals surface area contributed by atoms with Gasteiger partial charge in [-0.1, -0.05) is 39.5 Å². The maximum atomic E-state index is 12.5. The molecular formula is C21H29N3O4S. The fourth-order valence-electron chi connectivity index (χ4n) is 2.93. The van der Waals surface area contributed by atoms with Crippen LogP contribution in [0, 0.1) is 5.92 Å². The zero-order valence-corrected chi connectivity index (χ0v) is 17.6. The van der Waals surface area contributed by atoms with Gasteiger partial charge in [0.15, 0.2) is 0 Å². The van der Waals surface area contributed by atoms with Gasteiger partial charge in [-0.25, -0.2) is 8.42 Å².